The molecule has 0 amide bonds. The van der Waals surface area contributed by atoms with Crippen LogP contribution in [0.3, 0.4) is 0 Å². The monoisotopic (exact) mass is 730 g/mol. The van der Waals surface area contributed by atoms with Gasteiger partial charge in [0.05, 0.1) is 22.0 Å². The van der Waals surface area contributed by atoms with Gasteiger partial charge in [0, 0.05) is 43.7 Å². The lowest BCUT2D eigenvalue weighted by Gasteiger charge is -2.08. The number of nitrogens with zero attached hydrogens (tertiary/aromatic N) is 4. The van der Waals surface area contributed by atoms with E-state index in [-0.39, 0.29) is 0 Å². The number of hydrogen-bond acceptors (Lipinski definition) is 5. The van der Waals surface area contributed by atoms with Crippen molar-refractivity contribution in [2.75, 3.05) is 0 Å². The SMILES string of the molecule is c1ccc(-c2nc(-c3ccccc3)nc(-c3cccc4c3oc3c4ccc4c3c3cc(-c5ccc6oc7ccccc7c6c5)ccc3n4-c3ccccc3)n2)cc1. The number of fused-ring (bicyclic) bond motifs is 10. The normalized spacial score (nSPS) is 11.9. The van der Waals surface area contributed by atoms with Crippen LogP contribution >= 0.6 is 0 Å². The average Bonchev–Trinajstić information content (AvgIpc) is 3.96. The third kappa shape index (κ3) is 4.94. The van der Waals surface area contributed by atoms with Gasteiger partial charge in [0.2, 0.25) is 0 Å². The van der Waals surface area contributed by atoms with E-state index in [1.54, 1.807) is 0 Å². The fraction of sp³-hybridized carbons (Fsp3) is 0. The predicted octanol–water partition coefficient (Wildman–Crippen LogP) is 13.4. The molecular formula is C51H30N4O2. The van der Waals surface area contributed by atoms with E-state index in [0.717, 1.165) is 99.2 Å². The summed E-state index contributed by atoms with van der Waals surface area (Å²) in [7, 11) is 0. The lowest BCUT2D eigenvalue weighted by Crippen LogP contribution is -2.00. The Labute approximate surface area is 325 Å². The van der Waals surface area contributed by atoms with Gasteiger partial charge in [-0.25, -0.2) is 15.0 Å². The topological polar surface area (TPSA) is 69.9 Å². The maximum Gasteiger partial charge on any atom is 0.167 e. The molecule has 0 spiro atoms. The Morgan fingerprint density at radius 1 is 0.351 bits per heavy atom. The molecule has 12 aromatic rings. The maximum atomic E-state index is 7.11. The Balaban J connectivity index is 1.12. The van der Waals surface area contributed by atoms with Crippen molar-refractivity contribution in [3.8, 4) is 51.0 Å². The fourth-order valence-corrected chi connectivity index (χ4v) is 8.40. The van der Waals surface area contributed by atoms with Crippen molar-refractivity contribution in [3.63, 3.8) is 0 Å². The molecular weight excluding hydrogens is 701 g/mol. The van der Waals surface area contributed by atoms with Crippen molar-refractivity contribution in [3.05, 3.63) is 182 Å². The first-order valence-electron chi connectivity index (χ1n) is 19.0. The second kappa shape index (κ2) is 12.3. The van der Waals surface area contributed by atoms with Crippen LogP contribution in [0.4, 0.5) is 0 Å². The summed E-state index contributed by atoms with van der Waals surface area (Å²) in [6, 6.07) is 62.7. The Kier molecular flexibility index (Phi) is 6.83. The third-order valence-corrected chi connectivity index (χ3v) is 11.1. The minimum atomic E-state index is 0.555. The first kappa shape index (κ1) is 31.5. The Morgan fingerprint density at radius 3 is 1.68 bits per heavy atom. The molecule has 0 aliphatic carbocycles. The highest BCUT2D eigenvalue weighted by Gasteiger charge is 2.22. The number of furan rings is 2. The number of hydrogen-bond donors (Lipinski definition) is 0. The van der Waals surface area contributed by atoms with E-state index in [4.69, 9.17) is 23.8 Å². The number of aromatic nitrogens is 4. The van der Waals surface area contributed by atoms with E-state index in [0.29, 0.717) is 17.5 Å². The number of para-hydroxylation sites is 3. The van der Waals surface area contributed by atoms with Crippen LogP contribution in [0.15, 0.2) is 191 Å². The van der Waals surface area contributed by atoms with Gasteiger partial charge in [0.25, 0.3) is 0 Å². The molecule has 266 valence electrons. The van der Waals surface area contributed by atoms with E-state index in [1.807, 2.05) is 78.9 Å². The van der Waals surface area contributed by atoms with Gasteiger partial charge in [-0.3, -0.25) is 0 Å². The molecule has 0 radical (unpaired) electrons. The molecule has 12 rings (SSSR count). The summed E-state index contributed by atoms with van der Waals surface area (Å²) in [5.74, 6) is 1.77. The fourth-order valence-electron chi connectivity index (χ4n) is 8.40. The van der Waals surface area contributed by atoms with Crippen molar-refractivity contribution in [2.24, 2.45) is 0 Å². The van der Waals surface area contributed by atoms with Crippen LogP contribution in [-0.2, 0) is 0 Å². The van der Waals surface area contributed by atoms with Gasteiger partial charge < -0.3 is 13.4 Å². The minimum absolute atomic E-state index is 0.555. The first-order valence-corrected chi connectivity index (χ1v) is 19.0. The molecule has 6 heteroatoms. The van der Waals surface area contributed by atoms with Crippen LogP contribution in [0.1, 0.15) is 0 Å². The van der Waals surface area contributed by atoms with Crippen LogP contribution in [0.2, 0.25) is 0 Å². The predicted molar refractivity (Wildman–Crippen MR) is 230 cm³/mol. The maximum absolute atomic E-state index is 7.11. The van der Waals surface area contributed by atoms with Crippen molar-refractivity contribution >= 4 is 65.7 Å². The van der Waals surface area contributed by atoms with E-state index in [2.05, 4.69) is 108 Å². The van der Waals surface area contributed by atoms with E-state index >= 15 is 0 Å². The van der Waals surface area contributed by atoms with Gasteiger partial charge in [-0.15, -0.1) is 0 Å². The molecule has 0 atom stereocenters. The Bertz CT molecular complexity index is 3450. The van der Waals surface area contributed by atoms with Gasteiger partial charge in [0.15, 0.2) is 17.5 Å². The van der Waals surface area contributed by atoms with Crippen LogP contribution in [0, 0.1) is 0 Å². The summed E-state index contributed by atoms with van der Waals surface area (Å²) in [4.78, 5) is 15.1. The summed E-state index contributed by atoms with van der Waals surface area (Å²) in [5.41, 5.74) is 11.5. The number of benzene rings is 8. The smallest absolute Gasteiger partial charge is 0.167 e. The summed E-state index contributed by atoms with van der Waals surface area (Å²) in [5, 5.41) is 6.40. The molecule has 0 saturated heterocycles. The molecule has 8 aromatic carbocycles. The molecule has 57 heavy (non-hydrogen) atoms. The molecule has 0 bridgehead atoms. The quantitative estimate of drug-likeness (QED) is 0.176. The third-order valence-electron chi connectivity index (χ3n) is 11.1. The van der Waals surface area contributed by atoms with Gasteiger partial charge in [-0.05, 0) is 71.8 Å². The zero-order valence-electron chi connectivity index (χ0n) is 30.4. The highest BCUT2D eigenvalue weighted by molar-refractivity contribution is 6.25. The van der Waals surface area contributed by atoms with Crippen molar-refractivity contribution in [2.45, 2.75) is 0 Å². The van der Waals surface area contributed by atoms with Gasteiger partial charge in [-0.2, -0.15) is 0 Å². The second-order valence-corrected chi connectivity index (χ2v) is 14.4. The van der Waals surface area contributed by atoms with Gasteiger partial charge in [-0.1, -0.05) is 121 Å². The average molecular weight is 731 g/mol. The largest absolute Gasteiger partial charge is 0.456 e. The van der Waals surface area contributed by atoms with E-state index < -0.39 is 0 Å². The van der Waals surface area contributed by atoms with Crippen molar-refractivity contribution in [1.29, 1.82) is 0 Å². The molecule has 0 N–H and O–H groups in total. The van der Waals surface area contributed by atoms with Crippen LogP contribution in [-0.4, -0.2) is 19.5 Å². The molecule has 6 nitrogen and oxygen atoms in total. The van der Waals surface area contributed by atoms with E-state index in [9.17, 15) is 0 Å². The van der Waals surface area contributed by atoms with Crippen LogP contribution < -0.4 is 0 Å². The van der Waals surface area contributed by atoms with Gasteiger partial charge >= 0.3 is 0 Å². The summed E-state index contributed by atoms with van der Waals surface area (Å²) in [6.07, 6.45) is 0. The van der Waals surface area contributed by atoms with Crippen LogP contribution in [0.25, 0.3) is 117 Å². The number of rotatable bonds is 5. The summed E-state index contributed by atoms with van der Waals surface area (Å²) >= 11 is 0. The van der Waals surface area contributed by atoms with E-state index in [1.165, 1.54) is 0 Å². The molecule has 4 aromatic heterocycles. The Morgan fingerprint density at radius 2 is 0.930 bits per heavy atom. The molecule has 0 saturated carbocycles. The highest BCUT2D eigenvalue weighted by atomic mass is 16.3. The Hall–Kier alpha value is -7.83. The molecule has 0 aliphatic rings. The standard InChI is InChI=1S/C51H30N4O2/c1-4-13-31(14-5-1)49-52-50(32-15-6-2-7-16-32)54-51(53-49)39-21-12-20-37-38-25-27-43-46(48(38)57-47(37)39)41-30-33(23-26-42(41)55(43)35-17-8-3-9-18-35)34-24-28-45-40(29-34)36-19-10-11-22-44(36)56-45/h1-30H. The molecule has 4 heterocycles. The summed E-state index contributed by atoms with van der Waals surface area (Å²) in [6.45, 7) is 0. The minimum Gasteiger partial charge on any atom is -0.456 e. The highest BCUT2D eigenvalue weighted by Crippen LogP contribution is 2.44. The second-order valence-electron chi connectivity index (χ2n) is 14.4. The molecule has 0 aliphatic heterocycles. The van der Waals surface area contributed by atoms with Crippen molar-refractivity contribution in [1.82, 2.24) is 19.5 Å². The summed E-state index contributed by atoms with van der Waals surface area (Å²) < 4.78 is 15.6. The zero-order valence-corrected chi connectivity index (χ0v) is 30.4. The first-order chi connectivity index (χ1) is 28.2. The molecule has 0 fully saturated rings. The van der Waals surface area contributed by atoms with Crippen LogP contribution in [0.5, 0.6) is 0 Å². The lowest BCUT2D eigenvalue weighted by atomic mass is 10.00. The lowest BCUT2D eigenvalue weighted by molar-refractivity contribution is 0.669. The van der Waals surface area contributed by atoms with Gasteiger partial charge in [0.1, 0.15) is 22.3 Å². The van der Waals surface area contributed by atoms with Crippen molar-refractivity contribution < 1.29 is 8.83 Å². The zero-order chi connectivity index (χ0) is 37.5. The molecule has 0 unspecified atom stereocenters.